The van der Waals surface area contributed by atoms with Crippen molar-refractivity contribution in [3.05, 3.63) is 58.6 Å². The number of para-hydroxylation sites is 2. The molecule has 4 aromatic rings. The quantitative estimate of drug-likeness (QED) is 0.485. The van der Waals surface area contributed by atoms with Crippen molar-refractivity contribution in [1.29, 1.82) is 0 Å². The van der Waals surface area contributed by atoms with Crippen molar-refractivity contribution >= 4 is 17.1 Å². The number of H-pyrrole nitrogens is 1. The van der Waals surface area contributed by atoms with Crippen LogP contribution in [0.1, 0.15) is 10.5 Å². The number of primary amides is 1. The van der Waals surface area contributed by atoms with Gasteiger partial charge in [-0.2, -0.15) is 0 Å². The van der Waals surface area contributed by atoms with Crippen LogP contribution in [0.15, 0.2) is 47.3 Å². The van der Waals surface area contributed by atoms with E-state index in [1.807, 2.05) is 0 Å². The molecular weight excluding hydrogens is 402 g/mol. The Kier molecular flexibility index (Phi) is 5.04. The van der Waals surface area contributed by atoms with Crippen LogP contribution in [-0.2, 0) is 0 Å². The number of rotatable bonds is 6. The van der Waals surface area contributed by atoms with Crippen LogP contribution in [0.4, 0.5) is 0 Å². The maximum Gasteiger partial charge on any atom is 0.332 e. The molecule has 0 saturated carbocycles. The van der Waals surface area contributed by atoms with Gasteiger partial charge in [-0.1, -0.05) is 12.1 Å². The average molecular weight is 421 g/mol. The Morgan fingerprint density at radius 1 is 1.00 bits per heavy atom. The summed E-state index contributed by atoms with van der Waals surface area (Å²) < 4.78 is 17.4. The monoisotopic (exact) mass is 421 g/mol. The number of fused-ring (bicyclic) bond motifs is 1. The number of hydrogen-bond acceptors (Lipinski definition) is 7. The van der Waals surface area contributed by atoms with Crippen molar-refractivity contribution in [2.75, 3.05) is 21.3 Å². The van der Waals surface area contributed by atoms with Crippen molar-refractivity contribution in [2.24, 2.45) is 5.73 Å². The second kappa shape index (κ2) is 7.82. The lowest BCUT2D eigenvalue weighted by molar-refractivity contribution is 0.0997. The smallest absolute Gasteiger partial charge is 0.332 e. The summed E-state index contributed by atoms with van der Waals surface area (Å²) in [5.74, 6) is 0.766. The molecule has 0 aliphatic carbocycles. The van der Waals surface area contributed by atoms with Crippen LogP contribution in [0.25, 0.3) is 28.2 Å². The van der Waals surface area contributed by atoms with Gasteiger partial charge in [0.05, 0.1) is 32.6 Å². The van der Waals surface area contributed by atoms with Crippen LogP contribution in [0, 0.1) is 0 Å². The normalized spacial score (nSPS) is 10.8. The van der Waals surface area contributed by atoms with Gasteiger partial charge in [0.25, 0.3) is 5.91 Å². The van der Waals surface area contributed by atoms with E-state index in [4.69, 9.17) is 19.9 Å². The Bertz CT molecular complexity index is 1360. The molecule has 31 heavy (non-hydrogen) atoms. The molecule has 10 heteroatoms. The molecule has 0 saturated heterocycles. The molecule has 0 aliphatic rings. The minimum atomic E-state index is -0.816. The van der Waals surface area contributed by atoms with E-state index in [9.17, 15) is 9.59 Å². The number of hydrogen-bond donors (Lipinski definition) is 2. The molecule has 4 rings (SSSR count). The highest BCUT2D eigenvalue weighted by Crippen LogP contribution is 2.33. The average Bonchev–Trinajstić information content (AvgIpc) is 3.13. The molecule has 0 bridgehead atoms. The lowest BCUT2D eigenvalue weighted by Crippen LogP contribution is -2.16. The van der Waals surface area contributed by atoms with Crippen LogP contribution in [0.5, 0.6) is 17.2 Å². The Balaban J connectivity index is 2.09. The molecule has 2 heterocycles. The first-order valence-corrected chi connectivity index (χ1v) is 9.16. The molecule has 10 nitrogen and oxygen atoms in total. The number of amides is 1. The Labute approximate surface area is 176 Å². The largest absolute Gasteiger partial charge is 0.497 e. The molecule has 0 atom stereocenters. The van der Waals surface area contributed by atoms with Gasteiger partial charge in [-0.25, -0.2) is 19.3 Å². The van der Waals surface area contributed by atoms with Crippen molar-refractivity contribution in [1.82, 2.24) is 19.5 Å². The highest BCUT2D eigenvalue weighted by atomic mass is 16.5. The summed E-state index contributed by atoms with van der Waals surface area (Å²) >= 11 is 0. The van der Waals surface area contributed by atoms with Gasteiger partial charge in [-0.3, -0.25) is 4.79 Å². The lowest BCUT2D eigenvalue weighted by atomic mass is 10.1. The Hall–Kier alpha value is -4.34. The standard InChI is InChI=1S/C21H19N5O5/c1-29-11-8-9-14(30-2)12(10-11)19-23-16(18(22)27)17-20(25-19)26(21(28)24-17)13-6-4-5-7-15(13)31-3/h4-10H,1-3H3,(H2,22,27)(H,24,28). The van der Waals surface area contributed by atoms with E-state index in [2.05, 4.69) is 15.0 Å². The first kappa shape index (κ1) is 20.0. The van der Waals surface area contributed by atoms with Gasteiger partial charge in [0.15, 0.2) is 17.2 Å². The molecular formula is C21H19N5O5. The van der Waals surface area contributed by atoms with E-state index in [-0.39, 0.29) is 22.7 Å². The molecule has 0 unspecified atom stereocenters. The van der Waals surface area contributed by atoms with E-state index in [1.165, 1.54) is 25.9 Å². The topological polar surface area (TPSA) is 134 Å². The van der Waals surface area contributed by atoms with E-state index >= 15 is 0 Å². The number of methoxy groups -OCH3 is 3. The van der Waals surface area contributed by atoms with Gasteiger partial charge in [-0.15, -0.1) is 0 Å². The van der Waals surface area contributed by atoms with Crippen molar-refractivity contribution in [3.8, 4) is 34.3 Å². The fourth-order valence-corrected chi connectivity index (χ4v) is 3.31. The van der Waals surface area contributed by atoms with Crippen molar-refractivity contribution < 1.29 is 19.0 Å². The predicted molar refractivity (Wildman–Crippen MR) is 113 cm³/mol. The molecule has 0 radical (unpaired) electrons. The maximum atomic E-state index is 12.8. The van der Waals surface area contributed by atoms with Gasteiger partial charge in [-0.05, 0) is 30.3 Å². The zero-order valence-electron chi connectivity index (χ0n) is 17.0. The first-order valence-electron chi connectivity index (χ1n) is 9.16. The van der Waals surface area contributed by atoms with E-state index in [0.29, 0.717) is 28.5 Å². The van der Waals surface area contributed by atoms with Gasteiger partial charge < -0.3 is 24.9 Å². The number of aromatic nitrogens is 4. The predicted octanol–water partition coefficient (Wildman–Crippen LogP) is 1.90. The van der Waals surface area contributed by atoms with Crippen LogP contribution < -0.4 is 25.6 Å². The third kappa shape index (κ3) is 3.33. The minimum Gasteiger partial charge on any atom is -0.497 e. The fraction of sp³-hybridized carbons (Fsp3) is 0.143. The summed E-state index contributed by atoms with van der Waals surface area (Å²) in [6.07, 6.45) is 0. The molecule has 0 spiro atoms. The molecule has 2 aromatic carbocycles. The summed E-state index contributed by atoms with van der Waals surface area (Å²) in [5, 5.41) is 0. The number of aromatic amines is 1. The number of nitrogens with zero attached hydrogens (tertiary/aromatic N) is 3. The van der Waals surface area contributed by atoms with Crippen LogP contribution >= 0.6 is 0 Å². The third-order valence-corrected chi connectivity index (χ3v) is 4.74. The summed E-state index contributed by atoms with van der Waals surface area (Å²) in [5.41, 5.74) is 6.11. The van der Waals surface area contributed by atoms with Crippen LogP contribution in [0.2, 0.25) is 0 Å². The molecule has 2 aromatic heterocycles. The number of benzene rings is 2. The molecule has 0 aliphatic heterocycles. The second-order valence-electron chi connectivity index (χ2n) is 6.46. The second-order valence-corrected chi connectivity index (χ2v) is 6.46. The fourth-order valence-electron chi connectivity index (χ4n) is 3.31. The number of imidazole rings is 1. The lowest BCUT2D eigenvalue weighted by Gasteiger charge is -2.12. The van der Waals surface area contributed by atoms with Gasteiger partial charge in [0, 0.05) is 0 Å². The number of ether oxygens (including phenoxy) is 3. The first-order chi connectivity index (χ1) is 15.0. The Morgan fingerprint density at radius 3 is 2.42 bits per heavy atom. The summed E-state index contributed by atoms with van der Waals surface area (Å²) in [6.45, 7) is 0. The minimum absolute atomic E-state index is 0.119. The number of carbonyl (C=O) groups excluding carboxylic acids is 1. The molecule has 3 N–H and O–H groups in total. The van der Waals surface area contributed by atoms with Gasteiger partial charge in [0.1, 0.15) is 22.8 Å². The maximum absolute atomic E-state index is 12.8. The summed E-state index contributed by atoms with van der Waals surface area (Å²) in [6, 6.07) is 12.0. The van der Waals surface area contributed by atoms with Gasteiger partial charge >= 0.3 is 5.69 Å². The zero-order chi connectivity index (χ0) is 22.1. The van der Waals surface area contributed by atoms with Crippen LogP contribution in [-0.4, -0.2) is 46.8 Å². The number of nitrogens with one attached hydrogen (secondary N) is 1. The van der Waals surface area contributed by atoms with Crippen molar-refractivity contribution in [2.45, 2.75) is 0 Å². The molecule has 0 fully saturated rings. The summed E-state index contributed by atoms with van der Waals surface area (Å²) in [4.78, 5) is 36.5. The highest BCUT2D eigenvalue weighted by Gasteiger charge is 2.23. The van der Waals surface area contributed by atoms with Crippen LogP contribution in [0.3, 0.4) is 0 Å². The van der Waals surface area contributed by atoms with E-state index < -0.39 is 11.6 Å². The number of nitrogens with two attached hydrogens (primary N) is 1. The summed E-state index contributed by atoms with van der Waals surface area (Å²) in [7, 11) is 4.52. The third-order valence-electron chi connectivity index (χ3n) is 4.74. The number of carbonyl (C=O) groups is 1. The Morgan fingerprint density at radius 2 is 1.74 bits per heavy atom. The van der Waals surface area contributed by atoms with E-state index in [0.717, 1.165) is 0 Å². The van der Waals surface area contributed by atoms with Gasteiger partial charge in [0.2, 0.25) is 0 Å². The molecule has 158 valence electrons. The van der Waals surface area contributed by atoms with E-state index in [1.54, 1.807) is 42.5 Å². The molecule has 1 amide bonds. The van der Waals surface area contributed by atoms with Crippen molar-refractivity contribution in [3.63, 3.8) is 0 Å². The SMILES string of the molecule is COc1ccc(OC)c(-c2nc(C(N)=O)c3[nH]c(=O)n(-c4ccccc4OC)c3n2)c1. The zero-order valence-corrected chi connectivity index (χ0v) is 17.0. The highest BCUT2D eigenvalue weighted by molar-refractivity contribution is 6.02.